The Hall–Kier alpha value is -2.47. The maximum atomic E-state index is 12.2. The maximum Gasteiger partial charge on any atom is 0.319 e. The molecule has 1 aromatic carbocycles. The zero-order valence-corrected chi connectivity index (χ0v) is 14.9. The van der Waals surface area contributed by atoms with Gasteiger partial charge in [0, 0.05) is 25.0 Å². The monoisotopic (exact) mass is 343 g/mol. The quantitative estimate of drug-likeness (QED) is 0.797. The number of hydrogen-bond donors (Lipinski definition) is 3. The van der Waals surface area contributed by atoms with E-state index in [0.717, 1.165) is 30.8 Å². The Morgan fingerprint density at radius 3 is 2.88 bits per heavy atom. The molecule has 0 saturated carbocycles. The molecule has 6 heteroatoms. The number of carbonyl (C=O) groups is 1. The number of furan rings is 1. The van der Waals surface area contributed by atoms with Gasteiger partial charge in [0.05, 0.1) is 6.54 Å². The van der Waals surface area contributed by atoms with E-state index in [0.29, 0.717) is 5.76 Å². The van der Waals surface area contributed by atoms with Crippen LogP contribution in [0.5, 0.6) is 0 Å². The first-order valence-corrected chi connectivity index (χ1v) is 8.53. The van der Waals surface area contributed by atoms with Crippen molar-refractivity contribution in [3.63, 3.8) is 0 Å². The average Bonchev–Trinajstić information content (AvgIpc) is 3.01. The summed E-state index contributed by atoms with van der Waals surface area (Å²) in [4.78, 5) is 14.4. The highest BCUT2D eigenvalue weighted by Gasteiger charge is 2.27. The van der Waals surface area contributed by atoms with Crippen molar-refractivity contribution < 1.29 is 14.3 Å². The molecule has 1 aliphatic rings. The minimum atomic E-state index is -1.26. The Balaban J connectivity index is 1.59. The van der Waals surface area contributed by atoms with E-state index in [-0.39, 0.29) is 12.6 Å². The first-order chi connectivity index (χ1) is 11.8. The van der Waals surface area contributed by atoms with Gasteiger partial charge >= 0.3 is 6.03 Å². The highest BCUT2D eigenvalue weighted by atomic mass is 16.4. The van der Waals surface area contributed by atoms with Gasteiger partial charge in [-0.3, -0.25) is 0 Å². The largest absolute Gasteiger partial charge is 0.463 e. The second kappa shape index (κ2) is 6.80. The number of aliphatic hydroxyl groups is 1. The molecule has 0 bridgehead atoms. The third-order valence-electron chi connectivity index (χ3n) is 4.55. The van der Waals surface area contributed by atoms with Crippen LogP contribution >= 0.6 is 0 Å². The fourth-order valence-electron chi connectivity index (χ4n) is 3.10. The molecule has 2 heterocycles. The summed E-state index contributed by atoms with van der Waals surface area (Å²) >= 11 is 0. The lowest BCUT2D eigenvalue weighted by atomic mass is 10.0. The molecule has 25 heavy (non-hydrogen) atoms. The van der Waals surface area contributed by atoms with Crippen LogP contribution < -0.4 is 15.5 Å². The Kier molecular flexibility index (Phi) is 4.72. The topological polar surface area (TPSA) is 77.7 Å². The van der Waals surface area contributed by atoms with Crippen molar-refractivity contribution in [3.8, 4) is 0 Å². The number of amides is 2. The summed E-state index contributed by atoms with van der Waals surface area (Å²) < 4.78 is 5.44. The zero-order chi connectivity index (χ0) is 18.0. The van der Waals surface area contributed by atoms with Gasteiger partial charge in [-0.15, -0.1) is 0 Å². The minimum Gasteiger partial charge on any atom is -0.463 e. The standard InChI is InChI=1S/C19H25N3O3/c1-13-6-9-17(25-13)19(2,24)12-20-18(23)21-15-7-8-16-14(11-15)5-4-10-22(16)3/h6-9,11,24H,4-5,10,12H2,1-3H3,(H2,20,21,23). The van der Waals surface area contributed by atoms with Crippen LogP contribution in [0.4, 0.5) is 16.2 Å². The fourth-order valence-corrected chi connectivity index (χ4v) is 3.10. The summed E-state index contributed by atoms with van der Waals surface area (Å²) in [7, 11) is 2.08. The summed E-state index contributed by atoms with van der Waals surface area (Å²) in [6.07, 6.45) is 2.13. The molecule has 3 rings (SSSR count). The SMILES string of the molecule is Cc1ccc(C(C)(O)CNC(=O)Nc2ccc3c(c2)CCCN3C)o1. The van der Waals surface area contributed by atoms with Crippen molar-refractivity contribution in [1.82, 2.24) is 5.32 Å². The van der Waals surface area contributed by atoms with Gasteiger partial charge in [-0.2, -0.15) is 0 Å². The first-order valence-electron chi connectivity index (χ1n) is 8.53. The van der Waals surface area contributed by atoms with E-state index in [2.05, 4.69) is 22.6 Å². The smallest absolute Gasteiger partial charge is 0.319 e. The van der Waals surface area contributed by atoms with Crippen LogP contribution in [0, 0.1) is 6.92 Å². The van der Waals surface area contributed by atoms with Crippen molar-refractivity contribution in [2.45, 2.75) is 32.3 Å². The molecule has 134 valence electrons. The van der Waals surface area contributed by atoms with E-state index in [1.54, 1.807) is 19.1 Å². The van der Waals surface area contributed by atoms with Crippen molar-refractivity contribution in [1.29, 1.82) is 0 Å². The lowest BCUT2D eigenvalue weighted by Gasteiger charge is -2.28. The van der Waals surface area contributed by atoms with E-state index in [4.69, 9.17) is 4.42 Å². The van der Waals surface area contributed by atoms with Gasteiger partial charge in [0.2, 0.25) is 0 Å². The third-order valence-corrected chi connectivity index (χ3v) is 4.55. The van der Waals surface area contributed by atoms with E-state index in [1.807, 2.05) is 25.1 Å². The van der Waals surface area contributed by atoms with Gasteiger partial charge in [0.25, 0.3) is 0 Å². The van der Waals surface area contributed by atoms with Crippen LogP contribution in [0.1, 0.15) is 30.4 Å². The summed E-state index contributed by atoms with van der Waals surface area (Å²) in [5.41, 5.74) is 1.95. The molecule has 1 atom stereocenters. The highest BCUT2D eigenvalue weighted by molar-refractivity contribution is 5.89. The number of rotatable bonds is 4. The number of anilines is 2. The molecule has 1 unspecified atom stereocenters. The average molecular weight is 343 g/mol. The summed E-state index contributed by atoms with van der Waals surface area (Å²) in [5, 5.41) is 16.0. The number of aryl methyl sites for hydroxylation is 2. The molecular formula is C19H25N3O3. The van der Waals surface area contributed by atoms with Crippen molar-refractivity contribution in [2.24, 2.45) is 0 Å². The second-order valence-corrected chi connectivity index (χ2v) is 6.86. The second-order valence-electron chi connectivity index (χ2n) is 6.86. The Morgan fingerprint density at radius 2 is 2.16 bits per heavy atom. The summed E-state index contributed by atoms with van der Waals surface area (Å²) in [6, 6.07) is 9.09. The lowest BCUT2D eigenvalue weighted by Crippen LogP contribution is -2.40. The predicted octanol–water partition coefficient (Wildman–Crippen LogP) is 3.00. The van der Waals surface area contributed by atoms with Crippen LogP contribution in [-0.4, -0.2) is 31.3 Å². The summed E-state index contributed by atoms with van der Waals surface area (Å²) in [5.74, 6) is 1.15. The predicted molar refractivity (Wildman–Crippen MR) is 98.1 cm³/mol. The zero-order valence-electron chi connectivity index (χ0n) is 14.9. The van der Waals surface area contributed by atoms with Gasteiger partial charge in [-0.25, -0.2) is 4.79 Å². The van der Waals surface area contributed by atoms with Crippen molar-refractivity contribution in [3.05, 3.63) is 47.4 Å². The lowest BCUT2D eigenvalue weighted by molar-refractivity contribution is 0.0364. The Bertz CT molecular complexity index is 767. The molecule has 0 fully saturated rings. The molecule has 0 radical (unpaired) electrons. The van der Waals surface area contributed by atoms with Crippen LogP contribution in [0.15, 0.2) is 34.7 Å². The molecule has 1 aromatic heterocycles. The van der Waals surface area contributed by atoms with Gasteiger partial charge in [0.15, 0.2) is 0 Å². The van der Waals surface area contributed by atoms with Crippen LogP contribution in [0.25, 0.3) is 0 Å². The molecule has 2 amide bonds. The molecule has 0 saturated heterocycles. The number of carbonyl (C=O) groups excluding carboxylic acids is 1. The van der Waals surface area contributed by atoms with Gasteiger partial charge < -0.3 is 25.1 Å². The normalized spacial score (nSPS) is 16.1. The number of nitrogens with one attached hydrogen (secondary N) is 2. The number of benzene rings is 1. The van der Waals surface area contributed by atoms with Crippen molar-refractivity contribution >= 4 is 17.4 Å². The van der Waals surface area contributed by atoms with Gasteiger partial charge in [-0.05, 0) is 62.6 Å². The van der Waals surface area contributed by atoms with E-state index < -0.39 is 5.60 Å². The van der Waals surface area contributed by atoms with E-state index >= 15 is 0 Å². The first kappa shape index (κ1) is 17.4. The highest BCUT2D eigenvalue weighted by Crippen LogP contribution is 2.28. The molecule has 6 nitrogen and oxygen atoms in total. The number of fused-ring (bicyclic) bond motifs is 1. The van der Waals surface area contributed by atoms with E-state index in [1.165, 1.54) is 11.3 Å². The Morgan fingerprint density at radius 1 is 1.36 bits per heavy atom. The van der Waals surface area contributed by atoms with Crippen LogP contribution in [0.3, 0.4) is 0 Å². The van der Waals surface area contributed by atoms with Crippen LogP contribution in [-0.2, 0) is 12.0 Å². The van der Waals surface area contributed by atoms with E-state index in [9.17, 15) is 9.90 Å². The molecule has 0 spiro atoms. The van der Waals surface area contributed by atoms with Gasteiger partial charge in [0.1, 0.15) is 17.1 Å². The maximum absolute atomic E-state index is 12.2. The number of nitrogens with zero attached hydrogens (tertiary/aromatic N) is 1. The minimum absolute atomic E-state index is 0.0550. The molecular weight excluding hydrogens is 318 g/mol. The fraction of sp³-hybridized carbons (Fsp3) is 0.421. The van der Waals surface area contributed by atoms with Crippen molar-refractivity contribution in [2.75, 3.05) is 30.4 Å². The van der Waals surface area contributed by atoms with Crippen LogP contribution in [0.2, 0.25) is 0 Å². The number of urea groups is 1. The molecule has 3 N–H and O–H groups in total. The Labute approximate surface area is 147 Å². The third kappa shape index (κ3) is 3.96. The number of hydrogen-bond acceptors (Lipinski definition) is 4. The molecule has 1 aliphatic heterocycles. The molecule has 2 aromatic rings. The summed E-state index contributed by atoms with van der Waals surface area (Å²) in [6.45, 7) is 4.54. The molecule has 0 aliphatic carbocycles. The van der Waals surface area contributed by atoms with Gasteiger partial charge in [-0.1, -0.05) is 0 Å².